The molecule has 4 nitrogen and oxygen atoms in total. The quantitative estimate of drug-likeness (QED) is 0.850. The smallest absolute Gasteiger partial charge is 0.116 e. The van der Waals surface area contributed by atoms with Gasteiger partial charge in [0.1, 0.15) is 17.4 Å². The molecule has 0 aliphatic rings. The lowest BCUT2D eigenvalue weighted by atomic mass is 10.1. The predicted molar refractivity (Wildman–Crippen MR) is 70.1 cm³/mol. The zero-order chi connectivity index (χ0) is 12.8. The average Bonchev–Trinajstić information content (AvgIpc) is 2.42. The maximum atomic E-state index is 9.17. The van der Waals surface area contributed by atoms with Gasteiger partial charge in [-0.05, 0) is 30.8 Å². The standard InChI is InChI=1S/C13H12N4S/c1-15-8-10-2-3-12(11(6-10)7-14)18-13-4-5-16-9-17-13/h2-6,9,15H,8H2,1H3. The Labute approximate surface area is 110 Å². The Morgan fingerprint density at radius 1 is 1.39 bits per heavy atom. The third kappa shape index (κ3) is 3.06. The van der Waals surface area contributed by atoms with E-state index in [1.807, 2.05) is 31.3 Å². The van der Waals surface area contributed by atoms with E-state index in [4.69, 9.17) is 0 Å². The molecule has 0 saturated carbocycles. The average molecular weight is 256 g/mol. The van der Waals surface area contributed by atoms with Crippen LogP contribution in [0.4, 0.5) is 0 Å². The van der Waals surface area contributed by atoms with Crippen molar-refractivity contribution in [3.63, 3.8) is 0 Å². The first-order valence-electron chi connectivity index (χ1n) is 5.45. The Bertz CT molecular complexity index is 563. The van der Waals surface area contributed by atoms with Gasteiger partial charge in [-0.3, -0.25) is 0 Å². The molecule has 0 saturated heterocycles. The number of rotatable bonds is 4. The first kappa shape index (κ1) is 12.6. The lowest BCUT2D eigenvalue weighted by Gasteiger charge is -2.05. The van der Waals surface area contributed by atoms with E-state index in [0.29, 0.717) is 5.56 Å². The van der Waals surface area contributed by atoms with E-state index in [9.17, 15) is 5.26 Å². The zero-order valence-electron chi connectivity index (χ0n) is 9.92. The third-order valence-corrected chi connectivity index (χ3v) is 3.34. The normalized spacial score (nSPS) is 10.0. The largest absolute Gasteiger partial charge is 0.316 e. The molecule has 0 amide bonds. The van der Waals surface area contributed by atoms with Crippen LogP contribution < -0.4 is 5.32 Å². The molecule has 0 bridgehead atoms. The number of nitrogens with zero attached hydrogens (tertiary/aromatic N) is 3. The number of nitriles is 1. The summed E-state index contributed by atoms with van der Waals surface area (Å²) in [5, 5.41) is 13.1. The van der Waals surface area contributed by atoms with Crippen LogP contribution in [0.2, 0.25) is 0 Å². The van der Waals surface area contributed by atoms with Crippen molar-refractivity contribution in [1.82, 2.24) is 15.3 Å². The summed E-state index contributed by atoms with van der Waals surface area (Å²) in [6.45, 7) is 0.757. The van der Waals surface area contributed by atoms with Crippen molar-refractivity contribution in [1.29, 1.82) is 5.26 Å². The highest BCUT2D eigenvalue weighted by molar-refractivity contribution is 7.99. The molecular formula is C13H12N4S. The van der Waals surface area contributed by atoms with Gasteiger partial charge >= 0.3 is 0 Å². The van der Waals surface area contributed by atoms with Gasteiger partial charge in [0.15, 0.2) is 0 Å². The second kappa shape index (κ2) is 6.15. The summed E-state index contributed by atoms with van der Waals surface area (Å²) in [4.78, 5) is 8.92. The van der Waals surface area contributed by atoms with Crippen LogP contribution in [0.15, 0.2) is 46.7 Å². The molecule has 0 fully saturated rings. The maximum Gasteiger partial charge on any atom is 0.116 e. The number of nitrogens with one attached hydrogen (secondary N) is 1. The molecule has 0 spiro atoms. The minimum Gasteiger partial charge on any atom is -0.316 e. The van der Waals surface area contributed by atoms with Gasteiger partial charge in [0.25, 0.3) is 0 Å². The second-order valence-electron chi connectivity index (χ2n) is 3.62. The molecule has 2 rings (SSSR count). The van der Waals surface area contributed by atoms with Crippen molar-refractivity contribution < 1.29 is 0 Å². The Morgan fingerprint density at radius 2 is 2.28 bits per heavy atom. The van der Waals surface area contributed by atoms with Crippen molar-refractivity contribution in [3.8, 4) is 6.07 Å². The summed E-state index contributed by atoms with van der Waals surface area (Å²) < 4.78 is 0. The number of aromatic nitrogens is 2. The van der Waals surface area contributed by atoms with Gasteiger partial charge in [-0.2, -0.15) is 5.26 Å². The van der Waals surface area contributed by atoms with E-state index in [-0.39, 0.29) is 0 Å². The Hall–Kier alpha value is -1.90. The van der Waals surface area contributed by atoms with Crippen LogP contribution >= 0.6 is 11.8 Å². The molecule has 1 aromatic carbocycles. The van der Waals surface area contributed by atoms with Gasteiger partial charge in [0.05, 0.1) is 5.56 Å². The summed E-state index contributed by atoms with van der Waals surface area (Å²) in [6.07, 6.45) is 3.19. The minimum absolute atomic E-state index is 0.673. The lowest BCUT2D eigenvalue weighted by molar-refractivity contribution is 0.816. The molecule has 2 aromatic rings. The second-order valence-corrected chi connectivity index (χ2v) is 4.68. The van der Waals surface area contributed by atoms with Crippen LogP contribution in [0.1, 0.15) is 11.1 Å². The molecule has 0 atom stereocenters. The fourth-order valence-electron chi connectivity index (χ4n) is 1.52. The van der Waals surface area contributed by atoms with Crippen molar-refractivity contribution >= 4 is 11.8 Å². The van der Waals surface area contributed by atoms with E-state index < -0.39 is 0 Å². The van der Waals surface area contributed by atoms with Crippen LogP contribution in [0, 0.1) is 11.3 Å². The molecule has 1 aromatic heterocycles. The molecule has 1 heterocycles. The Kier molecular flexibility index (Phi) is 4.29. The Balaban J connectivity index is 2.26. The summed E-state index contributed by atoms with van der Waals surface area (Å²) in [6, 6.07) is 9.92. The SMILES string of the molecule is CNCc1ccc(Sc2ccncn2)c(C#N)c1. The number of hydrogen-bond acceptors (Lipinski definition) is 5. The highest BCUT2D eigenvalue weighted by Gasteiger charge is 2.06. The number of benzene rings is 1. The third-order valence-electron chi connectivity index (χ3n) is 2.31. The highest BCUT2D eigenvalue weighted by Crippen LogP contribution is 2.28. The van der Waals surface area contributed by atoms with Crippen molar-refractivity contribution in [2.75, 3.05) is 7.05 Å². The van der Waals surface area contributed by atoms with Crippen LogP contribution in [-0.2, 0) is 6.54 Å². The van der Waals surface area contributed by atoms with Crippen LogP contribution in [-0.4, -0.2) is 17.0 Å². The highest BCUT2D eigenvalue weighted by atomic mass is 32.2. The van der Waals surface area contributed by atoms with E-state index in [2.05, 4.69) is 21.4 Å². The van der Waals surface area contributed by atoms with Gasteiger partial charge in [0, 0.05) is 17.6 Å². The molecule has 0 aliphatic heterocycles. The predicted octanol–water partition coefficient (Wildman–Crippen LogP) is 2.22. The van der Waals surface area contributed by atoms with Gasteiger partial charge in [0.2, 0.25) is 0 Å². The Morgan fingerprint density at radius 3 is 2.94 bits per heavy atom. The van der Waals surface area contributed by atoms with Crippen LogP contribution in [0.5, 0.6) is 0 Å². The lowest BCUT2D eigenvalue weighted by Crippen LogP contribution is -2.05. The topological polar surface area (TPSA) is 61.6 Å². The summed E-state index contributed by atoms with van der Waals surface area (Å²) in [7, 11) is 1.88. The molecule has 90 valence electrons. The maximum absolute atomic E-state index is 9.17. The number of hydrogen-bond donors (Lipinski definition) is 1. The first-order valence-corrected chi connectivity index (χ1v) is 6.26. The van der Waals surface area contributed by atoms with Crippen LogP contribution in [0.25, 0.3) is 0 Å². The molecule has 5 heteroatoms. The fourth-order valence-corrected chi connectivity index (χ4v) is 2.32. The van der Waals surface area contributed by atoms with Gasteiger partial charge in [-0.15, -0.1) is 0 Å². The van der Waals surface area contributed by atoms with E-state index in [1.165, 1.54) is 18.1 Å². The van der Waals surface area contributed by atoms with E-state index in [1.54, 1.807) is 6.20 Å². The molecule has 0 unspecified atom stereocenters. The monoisotopic (exact) mass is 256 g/mol. The summed E-state index contributed by atoms with van der Waals surface area (Å²) in [5.74, 6) is 0. The first-order chi connectivity index (χ1) is 8.83. The minimum atomic E-state index is 0.673. The van der Waals surface area contributed by atoms with Gasteiger partial charge in [-0.25, -0.2) is 9.97 Å². The molecule has 0 radical (unpaired) electrons. The summed E-state index contributed by atoms with van der Waals surface area (Å²) in [5.41, 5.74) is 1.77. The molecule has 18 heavy (non-hydrogen) atoms. The van der Waals surface area contributed by atoms with E-state index >= 15 is 0 Å². The van der Waals surface area contributed by atoms with Crippen molar-refractivity contribution in [2.24, 2.45) is 0 Å². The molecule has 0 aliphatic carbocycles. The van der Waals surface area contributed by atoms with E-state index in [0.717, 1.165) is 22.0 Å². The van der Waals surface area contributed by atoms with Gasteiger partial charge < -0.3 is 5.32 Å². The zero-order valence-corrected chi connectivity index (χ0v) is 10.7. The van der Waals surface area contributed by atoms with Crippen molar-refractivity contribution in [3.05, 3.63) is 47.9 Å². The van der Waals surface area contributed by atoms with Gasteiger partial charge in [-0.1, -0.05) is 17.8 Å². The van der Waals surface area contributed by atoms with Crippen LogP contribution in [0.3, 0.4) is 0 Å². The molecule has 1 N–H and O–H groups in total. The summed E-state index contributed by atoms with van der Waals surface area (Å²) >= 11 is 1.47. The molecular weight excluding hydrogens is 244 g/mol. The fraction of sp³-hybridized carbons (Fsp3) is 0.154. The van der Waals surface area contributed by atoms with Crippen molar-refractivity contribution in [2.45, 2.75) is 16.5 Å².